The largest absolute Gasteiger partial charge is 0.351 e. The van der Waals surface area contributed by atoms with Gasteiger partial charge in [0.1, 0.15) is 22.3 Å². The second-order valence-corrected chi connectivity index (χ2v) is 9.06. The molecular formula is C20H22N6S2. The van der Waals surface area contributed by atoms with Crippen LogP contribution in [0.15, 0.2) is 22.9 Å². The highest BCUT2D eigenvalue weighted by Crippen LogP contribution is 2.40. The summed E-state index contributed by atoms with van der Waals surface area (Å²) in [5.74, 6) is 3.92. The first-order valence-corrected chi connectivity index (χ1v) is 11.4. The van der Waals surface area contributed by atoms with Gasteiger partial charge < -0.3 is 9.47 Å². The van der Waals surface area contributed by atoms with Crippen molar-refractivity contribution in [2.24, 2.45) is 0 Å². The van der Waals surface area contributed by atoms with Gasteiger partial charge in [-0.3, -0.25) is 0 Å². The molecule has 144 valence electrons. The number of hydrogen-bond donors (Lipinski definition) is 0. The summed E-state index contributed by atoms with van der Waals surface area (Å²) in [7, 11) is 2.09. The summed E-state index contributed by atoms with van der Waals surface area (Å²) in [5.41, 5.74) is 1.22. The first-order chi connectivity index (χ1) is 13.7. The fourth-order valence-corrected chi connectivity index (χ4v) is 5.67. The average molecular weight is 411 g/mol. The smallest absolute Gasteiger partial charge is 0.152 e. The van der Waals surface area contributed by atoms with E-state index in [9.17, 15) is 0 Å². The summed E-state index contributed by atoms with van der Waals surface area (Å²) < 4.78 is 2.31. The molecule has 5 heterocycles. The second-order valence-electron chi connectivity index (χ2n) is 7.25. The van der Waals surface area contributed by atoms with Crippen molar-refractivity contribution in [3.05, 3.63) is 40.4 Å². The van der Waals surface area contributed by atoms with Gasteiger partial charge in [-0.2, -0.15) is 0 Å². The Balaban J connectivity index is 1.55. The molecule has 0 saturated carbocycles. The third-order valence-corrected chi connectivity index (χ3v) is 7.01. The molecule has 1 aliphatic heterocycles. The van der Waals surface area contributed by atoms with Crippen molar-refractivity contribution in [1.29, 1.82) is 0 Å². The topological polar surface area (TPSA) is 59.7 Å². The number of anilines is 1. The zero-order chi connectivity index (χ0) is 19.1. The maximum absolute atomic E-state index is 4.82. The van der Waals surface area contributed by atoms with Crippen LogP contribution in [0.4, 0.5) is 5.82 Å². The Kier molecular flexibility index (Phi) is 4.60. The minimum absolute atomic E-state index is 0.693. The van der Waals surface area contributed by atoms with Crippen LogP contribution in [0.25, 0.3) is 20.7 Å². The van der Waals surface area contributed by atoms with Crippen molar-refractivity contribution in [3.63, 3.8) is 0 Å². The molecule has 6 nitrogen and oxygen atoms in total. The minimum atomic E-state index is 0.693. The van der Waals surface area contributed by atoms with Gasteiger partial charge in [-0.15, -0.1) is 32.9 Å². The van der Waals surface area contributed by atoms with Gasteiger partial charge >= 0.3 is 0 Å². The molecule has 1 aliphatic rings. The monoisotopic (exact) mass is 410 g/mol. The van der Waals surface area contributed by atoms with Crippen LogP contribution in [-0.4, -0.2) is 31.8 Å². The molecule has 0 fully saturated rings. The van der Waals surface area contributed by atoms with E-state index in [4.69, 9.17) is 4.98 Å². The molecule has 0 unspecified atom stereocenters. The van der Waals surface area contributed by atoms with Crippen LogP contribution in [0.1, 0.15) is 36.7 Å². The SMILES string of the molecule is Cc1nc(N(C)Cc2nnc3n2CCCCC3)c2c(-c3cccs3)csc2n1. The first kappa shape index (κ1) is 17.8. The van der Waals surface area contributed by atoms with E-state index in [1.54, 1.807) is 22.7 Å². The maximum Gasteiger partial charge on any atom is 0.152 e. The van der Waals surface area contributed by atoms with Crippen LogP contribution in [-0.2, 0) is 19.5 Å². The molecule has 4 aromatic rings. The lowest BCUT2D eigenvalue weighted by Gasteiger charge is -2.20. The van der Waals surface area contributed by atoms with Gasteiger partial charge in [0.2, 0.25) is 0 Å². The van der Waals surface area contributed by atoms with Crippen LogP contribution >= 0.6 is 22.7 Å². The minimum Gasteiger partial charge on any atom is -0.351 e. The average Bonchev–Trinajstić information content (AvgIpc) is 3.39. The van der Waals surface area contributed by atoms with E-state index in [2.05, 4.69) is 54.6 Å². The van der Waals surface area contributed by atoms with Crippen LogP contribution in [0.3, 0.4) is 0 Å². The Bertz CT molecular complexity index is 1110. The highest BCUT2D eigenvalue weighted by molar-refractivity contribution is 7.18. The van der Waals surface area contributed by atoms with Crippen LogP contribution in [0.2, 0.25) is 0 Å². The number of thiophene rings is 2. The number of rotatable bonds is 4. The summed E-state index contributed by atoms with van der Waals surface area (Å²) in [6, 6.07) is 4.25. The zero-order valence-corrected chi connectivity index (χ0v) is 17.7. The predicted molar refractivity (Wildman–Crippen MR) is 115 cm³/mol. The normalized spacial score (nSPS) is 14.2. The van der Waals surface area contributed by atoms with E-state index in [1.165, 1.54) is 29.7 Å². The third-order valence-electron chi connectivity index (χ3n) is 5.24. The predicted octanol–water partition coefficient (Wildman–Crippen LogP) is 4.68. The number of nitrogens with zero attached hydrogens (tertiary/aromatic N) is 6. The fraction of sp³-hybridized carbons (Fsp3) is 0.400. The summed E-state index contributed by atoms with van der Waals surface area (Å²) in [6.45, 7) is 3.67. The van der Waals surface area contributed by atoms with E-state index in [-0.39, 0.29) is 0 Å². The summed E-state index contributed by atoms with van der Waals surface area (Å²) in [4.78, 5) is 14.0. The quantitative estimate of drug-likeness (QED) is 0.489. The molecule has 0 radical (unpaired) electrons. The second kappa shape index (κ2) is 7.25. The van der Waals surface area contributed by atoms with Gasteiger partial charge in [0, 0.05) is 35.8 Å². The Labute approximate surface area is 171 Å². The van der Waals surface area contributed by atoms with Crippen LogP contribution in [0.5, 0.6) is 0 Å². The van der Waals surface area contributed by atoms with Gasteiger partial charge in [-0.1, -0.05) is 12.5 Å². The molecule has 0 atom stereocenters. The van der Waals surface area contributed by atoms with Gasteiger partial charge in [0.25, 0.3) is 0 Å². The van der Waals surface area contributed by atoms with Crippen molar-refractivity contribution < 1.29 is 0 Å². The van der Waals surface area contributed by atoms with E-state index >= 15 is 0 Å². The van der Waals surface area contributed by atoms with E-state index in [1.807, 2.05) is 6.92 Å². The lowest BCUT2D eigenvalue weighted by molar-refractivity contribution is 0.601. The molecule has 8 heteroatoms. The summed E-state index contributed by atoms with van der Waals surface area (Å²) in [5, 5.41) is 14.4. The molecule has 0 saturated heterocycles. The Morgan fingerprint density at radius 2 is 2.07 bits per heavy atom. The molecular weight excluding hydrogens is 388 g/mol. The Morgan fingerprint density at radius 3 is 2.93 bits per heavy atom. The van der Waals surface area contributed by atoms with Crippen LogP contribution < -0.4 is 4.90 Å². The molecule has 0 aliphatic carbocycles. The number of fused-ring (bicyclic) bond motifs is 2. The molecule has 4 aromatic heterocycles. The third kappa shape index (κ3) is 3.10. The fourth-order valence-electron chi connectivity index (χ4n) is 3.87. The summed E-state index contributed by atoms with van der Waals surface area (Å²) in [6.07, 6.45) is 4.70. The van der Waals surface area contributed by atoms with Crippen molar-refractivity contribution >= 4 is 38.7 Å². The standard InChI is InChI=1S/C20H22N6S2/c1-13-21-19(18-14(12-28-20(18)22-13)15-7-6-10-27-15)25(2)11-17-24-23-16-8-4-3-5-9-26(16)17/h6-7,10,12H,3-5,8-9,11H2,1-2H3. The molecule has 0 aromatic carbocycles. The van der Waals surface area contributed by atoms with Crippen molar-refractivity contribution in [3.8, 4) is 10.4 Å². The molecule has 5 rings (SSSR count). The van der Waals surface area contributed by atoms with Crippen molar-refractivity contribution in [2.75, 3.05) is 11.9 Å². The highest BCUT2D eigenvalue weighted by Gasteiger charge is 2.21. The van der Waals surface area contributed by atoms with Crippen LogP contribution in [0, 0.1) is 6.92 Å². The number of hydrogen-bond acceptors (Lipinski definition) is 7. The first-order valence-electron chi connectivity index (χ1n) is 9.62. The molecule has 28 heavy (non-hydrogen) atoms. The van der Waals surface area contributed by atoms with Gasteiger partial charge in [-0.25, -0.2) is 9.97 Å². The highest BCUT2D eigenvalue weighted by atomic mass is 32.1. The Hall–Kier alpha value is -2.32. The maximum atomic E-state index is 4.82. The zero-order valence-electron chi connectivity index (χ0n) is 16.1. The molecule has 0 spiro atoms. The van der Waals surface area contributed by atoms with Gasteiger partial charge in [-0.05, 0) is 31.2 Å². The lowest BCUT2D eigenvalue weighted by atomic mass is 10.2. The van der Waals surface area contributed by atoms with E-state index < -0.39 is 0 Å². The molecule has 0 bridgehead atoms. The summed E-state index contributed by atoms with van der Waals surface area (Å²) >= 11 is 3.44. The van der Waals surface area contributed by atoms with Gasteiger partial charge in [0.15, 0.2) is 5.82 Å². The number of aryl methyl sites for hydroxylation is 2. The van der Waals surface area contributed by atoms with E-state index in [0.29, 0.717) is 6.54 Å². The van der Waals surface area contributed by atoms with Crippen molar-refractivity contribution in [2.45, 2.75) is 45.7 Å². The van der Waals surface area contributed by atoms with Crippen molar-refractivity contribution in [1.82, 2.24) is 24.7 Å². The molecule has 0 amide bonds. The van der Waals surface area contributed by atoms with E-state index in [0.717, 1.165) is 46.5 Å². The van der Waals surface area contributed by atoms with Gasteiger partial charge in [0.05, 0.1) is 11.9 Å². The Morgan fingerprint density at radius 1 is 1.14 bits per heavy atom. The lowest BCUT2D eigenvalue weighted by Crippen LogP contribution is -2.22. The molecule has 0 N–H and O–H groups in total. The number of aromatic nitrogens is 5.